The summed E-state index contributed by atoms with van der Waals surface area (Å²) >= 11 is 0. The van der Waals surface area contributed by atoms with Crippen LogP contribution in [0.3, 0.4) is 0 Å². The first-order chi connectivity index (χ1) is 10.2. The molecule has 108 valence electrons. The van der Waals surface area contributed by atoms with Crippen LogP contribution in [0.4, 0.5) is 11.4 Å². The Balaban J connectivity index is 2.25. The Morgan fingerprint density at radius 1 is 1.14 bits per heavy atom. The first kappa shape index (κ1) is 14.9. The second kappa shape index (κ2) is 7.32. The van der Waals surface area contributed by atoms with E-state index in [1.807, 2.05) is 36.4 Å². The third kappa shape index (κ3) is 3.98. The molecule has 0 aromatic heterocycles. The third-order valence-electron chi connectivity index (χ3n) is 3.35. The lowest BCUT2D eigenvalue weighted by molar-refractivity contribution is 0.301. The van der Waals surface area contributed by atoms with Gasteiger partial charge in [-0.25, -0.2) is 0 Å². The van der Waals surface area contributed by atoms with Crippen molar-refractivity contribution in [2.45, 2.75) is 13.0 Å². The third-order valence-corrected chi connectivity index (χ3v) is 3.35. The highest BCUT2D eigenvalue weighted by Gasteiger charge is 2.09. The highest BCUT2D eigenvalue weighted by molar-refractivity contribution is 5.59. The number of nitrogens with two attached hydrogens (primary N) is 1. The molecule has 0 heterocycles. The minimum atomic E-state index is 0.0742. The van der Waals surface area contributed by atoms with Crippen LogP contribution in [0.1, 0.15) is 11.1 Å². The summed E-state index contributed by atoms with van der Waals surface area (Å²) in [7, 11) is 0. The molecule has 0 aliphatic carbocycles. The van der Waals surface area contributed by atoms with Gasteiger partial charge in [0.05, 0.1) is 19.1 Å². The normalized spacial score (nSPS) is 10.1. The molecule has 0 fully saturated rings. The first-order valence-corrected chi connectivity index (χ1v) is 6.89. The summed E-state index contributed by atoms with van der Waals surface area (Å²) in [4.78, 5) is 2.08. The van der Waals surface area contributed by atoms with Crippen LogP contribution >= 0.6 is 0 Å². The smallest absolute Gasteiger partial charge is 0.0670 e. The van der Waals surface area contributed by atoms with Crippen LogP contribution in [0.5, 0.6) is 0 Å². The fourth-order valence-corrected chi connectivity index (χ4v) is 2.25. The van der Waals surface area contributed by atoms with Crippen molar-refractivity contribution >= 4 is 11.4 Å². The molecule has 0 aliphatic rings. The molecular weight excluding hydrogens is 262 g/mol. The lowest BCUT2D eigenvalue weighted by Gasteiger charge is -2.25. The molecule has 0 radical (unpaired) electrons. The van der Waals surface area contributed by atoms with Gasteiger partial charge in [0.15, 0.2) is 0 Å². The molecule has 2 aromatic rings. The van der Waals surface area contributed by atoms with Crippen LogP contribution in [0.2, 0.25) is 0 Å². The van der Waals surface area contributed by atoms with Crippen molar-refractivity contribution in [2.75, 3.05) is 23.8 Å². The van der Waals surface area contributed by atoms with Crippen molar-refractivity contribution in [1.29, 1.82) is 5.26 Å². The number of nitrogens with zero attached hydrogens (tertiary/aromatic N) is 2. The maximum absolute atomic E-state index is 9.28. The monoisotopic (exact) mass is 281 g/mol. The van der Waals surface area contributed by atoms with Gasteiger partial charge in [-0.3, -0.25) is 0 Å². The summed E-state index contributed by atoms with van der Waals surface area (Å²) in [5.74, 6) is 0. The molecule has 0 amide bonds. The predicted octanol–water partition coefficient (Wildman–Crippen LogP) is 2.33. The molecule has 2 aromatic carbocycles. The van der Waals surface area contributed by atoms with E-state index in [1.165, 1.54) is 5.56 Å². The molecule has 0 saturated carbocycles. The van der Waals surface area contributed by atoms with Crippen LogP contribution in [0, 0.1) is 11.3 Å². The molecule has 3 N–H and O–H groups in total. The number of rotatable bonds is 6. The molecule has 0 saturated heterocycles. The molecule has 0 aliphatic heterocycles. The molecular formula is C17H19N3O. The number of benzene rings is 2. The average Bonchev–Trinajstić information content (AvgIpc) is 2.50. The Labute approximate surface area is 125 Å². The number of hydrogen-bond donors (Lipinski definition) is 2. The number of nitriles is 1. The zero-order valence-corrected chi connectivity index (χ0v) is 11.9. The van der Waals surface area contributed by atoms with Crippen molar-refractivity contribution in [3.8, 4) is 6.07 Å². The highest BCUT2D eigenvalue weighted by Crippen LogP contribution is 2.23. The van der Waals surface area contributed by atoms with Gasteiger partial charge in [-0.2, -0.15) is 5.26 Å². The van der Waals surface area contributed by atoms with Crippen LogP contribution in [-0.4, -0.2) is 18.3 Å². The van der Waals surface area contributed by atoms with E-state index in [0.717, 1.165) is 11.3 Å². The molecule has 0 spiro atoms. The lowest BCUT2D eigenvalue weighted by Crippen LogP contribution is -2.26. The summed E-state index contributed by atoms with van der Waals surface area (Å²) < 4.78 is 0. The summed E-state index contributed by atoms with van der Waals surface area (Å²) in [6.45, 7) is 1.31. The van der Waals surface area contributed by atoms with Gasteiger partial charge in [0.25, 0.3) is 0 Å². The molecule has 2 rings (SSSR count). The van der Waals surface area contributed by atoms with E-state index in [-0.39, 0.29) is 13.0 Å². The van der Waals surface area contributed by atoms with Crippen molar-refractivity contribution in [1.82, 2.24) is 0 Å². The maximum Gasteiger partial charge on any atom is 0.0670 e. The number of nitrogen functional groups attached to an aromatic ring is 1. The largest absolute Gasteiger partial charge is 0.398 e. The fourth-order valence-electron chi connectivity index (χ4n) is 2.25. The summed E-state index contributed by atoms with van der Waals surface area (Å²) in [5, 5.41) is 18.1. The van der Waals surface area contributed by atoms with Crippen molar-refractivity contribution in [2.24, 2.45) is 0 Å². The Kier molecular flexibility index (Phi) is 5.19. The van der Waals surface area contributed by atoms with Crippen LogP contribution in [0.25, 0.3) is 0 Å². The van der Waals surface area contributed by atoms with E-state index >= 15 is 0 Å². The molecule has 4 nitrogen and oxygen atoms in total. The lowest BCUT2D eigenvalue weighted by atomic mass is 10.1. The quantitative estimate of drug-likeness (QED) is 0.797. The zero-order chi connectivity index (χ0) is 15.1. The Morgan fingerprint density at radius 3 is 2.57 bits per heavy atom. The van der Waals surface area contributed by atoms with Gasteiger partial charge in [-0.05, 0) is 29.3 Å². The van der Waals surface area contributed by atoms with Crippen molar-refractivity contribution in [3.63, 3.8) is 0 Å². The second-order valence-electron chi connectivity index (χ2n) is 4.85. The second-order valence-corrected chi connectivity index (χ2v) is 4.85. The van der Waals surface area contributed by atoms with Gasteiger partial charge in [-0.15, -0.1) is 0 Å². The van der Waals surface area contributed by atoms with Gasteiger partial charge >= 0.3 is 0 Å². The van der Waals surface area contributed by atoms with Gasteiger partial charge in [0.1, 0.15) is 0 Å². The first-order valence-electron chi connectivity index (χ1n) is 6.89. The molecule has 0 atom stereocenters. The van der Waals surface area contributed by atoms with Gasteiger partial charge in [-0.1, -0.05) is 30.3 Å². The standard InChI is InChI=1S/C17H19N3O/c18-9-8-15-12-16(6-7-17(15)19)20(10-11-21)13-14-4-2-1-3-5-14/h1-7,12,21H,8,10-11,13,19H2. The number of aliphatic hydroxyl groups is 1. The topological polar surface area (TPSA) is 73.3 Å². The van der Waals surface area contributed by atoms with Gasteiger partial charge in [0.2, 0.25) is 0 Å². The predicted molar refractivity (Wildman–Crippen MR) is 84.7 cm³/mol. The van der Waals surface area contributed by atoms with Crippen LogP contribution < -0.4 is 10.6 Å². The van der Waals surface area contributed by atoms with Crippen LogP contribution in [-0.2, 0) is 13.0 Å². The van der Waals surface area contributed by atoms with E-state index in [9.17, 15) is 5.11 Å². The van der Waals surface area contributed by atoms with Crippen LogP contribution in [0.15, 0.2) is 48.5 Å². The van der Waals surface area contributed by atoms with Gasteiger partial charge in [0, 0.05) is 24.5 Å². The minimum absolute atomic E-state index is 0.0742. The fraction of sp³-hybridized carbons (Fsp3) is 0.235. The van der Waals surface area contributed by atoms with Crippen molar-refractivity contribution in [3.05, 3.63) is 59.7 Å². The van der Waals surface area contributed by atoms with E-state index < -0.39 is 0 Å². The van der Waals surface area contributed by atoms with E-state index in [0.29, 0.717) is 18.8 Å². The summed E-state index contributed by atoms with van der Waals surface area (Å²) in [6.07, 6.45) is 0.290. The Morgan fingerprint density at radius 2 is 1.90 bits per heavy atom. The molecule has 0 bridgehead atoms. The number of hydrogen-bond acceptors (Lipinski definition) is 4. The number of aliphatic hydroxyl groups excluding tert-OH is 1. The molecule has 21 heavy (non-hydrogen) atoms. The Hall–Kier alpha value is -2.51. The average molecular weight is 281 g/mol. The SMILES string of the molecule is N#CCc1cc(N(CCO)Cc2ccccc2)ccc1N. The summed E-state index contributed by atoms with van der Waals surface area (Å²) in [5.41, 5.74) is 9.47. The summed E-state index contributed by atoms with van der Waals surface area (Å²) in [6, 6.07) is 17.9. The maximum atomic E-state index is 9.28. The van der Waals surface area contributed by atoms with E-state index in [2.05, 4.69) is 23.1 Å². The van der Waals surface area contributed by atoms with E-state index in [4.69, 9.17) is 11.0 Å². The molecule has 0 unspecified atom stereocenters. The van der Waals surface area contributed by atoms with E-state index in [1.54, 1.807) is 0 Å². The van der Waals surface area contributed by atoms with Crippen molar-refractivity contribution < 1.29 is 5.11 Å². The number of anilines is 2. The Bertz CT molecular complexity index is 620. The minimum Gasteiger partial charge on any atom is -0.398 e. The highest BCUT2D eigenvalue weighted by atomic mass is 16.3. The zero-order valence-electron chi connectivity index (χ0n) is 11.9. The van der Waals surface area contributed by atoms with Gasteiger partial charge < -0.3 is 15.7 Å². The molecule has 4 heteroatoms.